The van der Waals surface area contributed by atoms with Gasteiger partial charge in [-0.1, -0.05) is 12.1 Å². The van der Waals surface area contributed by atoms with E-state index in [0.717, 1.165) is 31.2 Å². The van der Waals surface area contributed by atoms with Gasteiger partial charge in [-0.15, -0.1) is 5.10 Å². The number of aromatic nitrogens is 2. The molecule has 34 heavy (non-hydrogen) atoms. The molecular formula is C24H28F4N4O2. The SMILES string of the molecule is O=C(NC1CCN(c2cccnn2)CC1COC1CCC(c2cccc(F)c2)CC1)C(F)(F)F. The average Bonchev–Trinajstić information content (AvgIpc) is 2.83. The molecule has 2 fully saturated rings. The van der Waals surface area contributed by atoms with E-state index >= 15 is 0 Å². The third-order valence-corrected chi connectivity index (χ3v) is 6.73. The summed E-state index contributed by atoms with van der Waals surface area (Å²) in [7, 11) is 0. The second-order valence-electron chi connectivity index (χ2n) is 9.02. The van der Waals surface area contributed by atoms with Crippen LogP contribution in [0.15, 0.2) is 42.6 Å². The predicted molar refractivity (Wildman–Crippen MR) is 118 cm³/mol. The van der Waals surface area contributed by atoms with Crippen molar-refractivity contribution in [1.29, 1.82) is 0 Å². The fraction of sp³-hybridized carbons (Fsp3) is 0.542. The van der Waals surface area contributed by atoms with Gasteiger partial charge < -0.3 is 15.0 Å². The number of nitrogens with one attached hydrogen (secondary N) is 1. The first-order chi connectivity index (χ1) is 16.3. The second kappa shape index (κ2) is 10.7. The highest BCUT2D eigenvalue weighted by Crippen LogP contribution is 2.35. The standard InChI is InChI=1S/C24H28F4N4O2/c25-19-4-1-3-17(13-19)16-6-8-20(9-7-16)34-15-18-14-32(22-5-2-11-29-31-22)12-10-21(18)30-23(33)24(26,27)28/h1-5,11,13,16,18,20-21H,6-10,12,14-15H2,(H,30,33). The minimum absolute atomic E-state index is 0.0179. The van der Waals surface area contributed by atoms with E-state index in [9.17, 15) is 22.4 Å². The van der Waals surface area contributed by atoms with Gasteiger partial charge in [0.1, 0.15) is 5.82 Å². The molecule has 1 aliphatic heterocycles. The normalized spacial score (nSPS) is 25.7. The lowest BCUT2D eigenvalue weighted by Gasteiger charge is -2.40. The van der Waals surface area contributed by atoms with E-state index < -0.39 is 18.1 Å². The number of rotatable bonds is 6. The van der Waals surface area contributed by atoms with Crippen LogP contribution in [0.3, 0.4) is 0 Å². The van der Waals surface area contributed by atoms with Crippen molar-refractivity contribution in [3.05, 3.63) is 54.0 Å². The molecule has 6 nitrogen and oxygen atoms in total. The number of anilines is 1. The minimum Gasteiger partial charge on any atom is -0.378 e. The van der Waals surface area contributed by atoms with Gasteiger partial charge in [0.05, 0.1) is 12.7 Å². The van der Waals surface area contributed by atoms with Crippen LogP contribution in [0.25, 0.3) is 0 Å². The van der Waals surface area contributed by atoms with Crippen LogP contribution in [-0.4, -0.2) is 54.1 Å². The Bertz CT molecular complexity index is 951. The fourth-order valence-corrected chi connectivity index (χ4v) is 4.89. The maximum atomic E-state index is 13.5. The van der Waals surface area contributed by atoms with E-state index in [1.807, 2.05) is 11.0 Å². The zero-order chi connectivity index (χ0) is 24.1. The highest BCUT2D eigenvalue weighted by molar-refractivity contribution is 5.82. The van der Waals surface area contributed by atoms with Crippen molar-refractivity contribution in [3.8, 4) is 0 Å². The molecule has 1 aromatic carbocycles. The number of amides is 1. The van der Waals surface area contributed by atoms with Crippen LogP contribution in [0.2, 0.25) is 0 Å². The van der Waals surface area contributed by atoms with Crippen molar-refractivity contribution in [2.45, 2.75) is 56.3 Å². The largest absolute Gasteiger partial charge is 0.471 e. The summed E-state index contributed by atoms with van der Waals surface area (Å²) in [6.45, 7) is 1.09. The molecule has 1 saturated heterocycles. The molecule has 0 spiro atoms. The zero-order valence-electron chi connectivity index (χ0n) is 18.7. The number of piperidine rings is 1. The van der Waals surface area contributed by atoms with Crippen molar-refractivity contribution >= 4 is 11.7 Å². The quantitative estimate of drug-likeness (QED) is 0.627. The third kappa shape index (κ3) is 6.22. The number of carbonyl (C=O) groups is 1. The third-order valence-electron chi connectivity index (χ3n) is 6.73. The Morgan fingerprint density at radius 1 is 1.12 bits per heavy atom. The number of nitrogens with zero attached hydrogens (tertiary/aromatic N) is 3. The highest BCUT2D eigenvalue weighted by Gasteiger charge is 2.42. The monoisotopic (exact) mass is 480 g/mol. The fourth-order valence-electron chi connectivity index (χ4n) is 4.89. The molecule has 2 heterocycles. The van der Waals surface area contributed by atoms with Crippen LogP contribution in [0, 0.1) is 11.7 Å². The summed E-state index contributed by atoms with van der Waals surface area (Å²) in [6.07, 6.45) is 0.262. The molecule has 1 aromatic heterocycles. The number of alkyl halides is 3. The van der Waals surface area contributed by atoms with E-state index in [4.69, 9.17) is 4.74 Å². The summed E-state index contributed by atoms with van der Waals surface area (Å²) >= 11 is 0. The number of halogens is 4. The van der Waals surface area contributed by atoms with E-state index in [1.54, 1.807) is 30.5 Å². The lowest BCUT2D eigenvalue weighted by Crippen LogP contribution is -2.55. The molecule has 2 unspecified atom stereocenters. The van der Waals surface area contributed by atoms with Crippen LogP contribution in [0.1, 0.15) is 43.6 Å². The molecule has 10 heteroatoms. The van der Waals surface area contributed by atoms with Gasteiger partial charge in [-0.05, 0) is 67.9 Å². The second-order valence-corrected chi connectivity index (χ2v) is 9.02. The van der Waals surface area contributed by atoms with Crippen LogP contribution in [0.4, 0.5) is 23.4 Å². The molecule has 2 atom stereocenters. The summed E-state index contributed by atoms with van der Waals surface area (Å²) in [5.74, 6) is -1.58. The van der Waals surface area contributed by atoms with Crippen molar-refractivity contribution in [3.63, 3.8) is 0 Å². The van der Waals surface area contributed by atoms with Gasteiger partial charge in [-0.25, -0.2) is 4.39 Å². The first kappa shape index (κ1) is 24.4. The molecule has 1 amide bonds. The van der Waals surface area contributed by atoms with E-state index in [-0.39, 0.29) is 30.4 Å². The highest BCUT2D eigenvalue weighted by atomic mass is 19.4. The molecule has 0 radical (unpaired) electrons. The molecule has 0 bridgehead atoms. The molecular weight excluding hydrogens is 452 g/mol. The predicted octanol–water partition coefficient (Wildman–Crippen LogP) is 4.23. The summed E-state index contributed by atoms with van der Waals surface area (Å²) in [4.78, 5) is 13.5. The molecule has 1 saturated carbocycles. The molecule has 1 N–H and O–H groups in total. The lowest BCUT2D eigenvalue weighted by molar-refractivity contribution is -0.175. The van der Waals surface area contributed by atoms with Crippen LogP contribution < -0.4 is 10.2 Å². The van der Waals surface area contributed by atoms with Gasteiger partial charge in [0, 0.05) is 31.2 Å². The Morgan fingerprint density at radius 3 is 2.59 bits per heavy atom. The Balaban J connectivity index is 1.35. The van der Waals surface area contributed by atoms with Crippen LogP contribution >= 0.6 is 0 Å². The number of carbonyl (C=O) groups excluding carboxylic acids is 1. The van der Waals surface area contributed by atoms with E-state index in [2.05, 4.69) is 15.5 Å². The maximum absolute atomic E-state index is 13.5. The number of ether oxygens (including phenoxy) is 1. The first-order valence-electron chi connectivity index (χ1n) is 11.6. The van der Waals surface area contributed by atoms with Gasteiger partial charge in [-0.2, -0.15) is 18.3 Å². The molecule has 2 aliphatic rings. The number of hydrogen-bond donors (Lipinski definition) is 1. The van der Waals surface area contributed by atoms with Crippen LogP contribution in [-0.2, 0) is 9.53 Å². The summed E-state index contributed by atoms with van der Waals surface area (Å²) < 4.78 is 58.3. The van der Waals surface area contributed by atoms with Gasteiger partial charge >= 0.3 is 12.1 Å². The number of benzene rings is 1. The van der Waals surface area contributed by atoms with Crippen molar-refractivity contribution in [1.82, 2.24) is 15.5 Å². The lowest BCUT2D eigenvalue weighted by atomic mass is 9.82. The summed E-state index contributed by atoms with van der Waals surface area (Å²) in [5.41, 5.74) is 0.986. The van der Waals surface area contributed by atoms with Gasteiger partial charge in [0.25, 0.3) is 0 Å². The molecule has 4 rings (SSSR count). The molecule has 1 aliphatic carbocycles. The van der Waals surface area contributed by atoms with Gasteiger partial charge in [0.15, 0.2) is 5.82 Å². The van der Waals surface area contributed by atoms with Crippen molar-refractivity contribution in [2.75, 3.05) is 24.6 Å². The Labute approximate surface area is 195 Å². The summed E-state index contributed by atoms with van der Waals surface area (Å²) in [5, 5.41) is 10.1. The topological polar surface area (TPSA) is 67.4 Å². The van der Waals surface area contributed by atoms with Gasteiger partial charge in [-0.3, -0.25) is 4.79 Å². The maximum Gasteiger partial charge on any atom is 0.471 e. The van der Waals surface area contributed by atoms with Crippen molar-refractivity contribution < 1.29 is 27.1 Å². The Hall–Kier alpha value is -2.75. The summed E-state index contributed by atoms with van der Waals surface area (Å²) in [6, 6.07) is 9.56. The van der Waals surface area contributed by atoms with Crippen LogP contribution in [0.5, 0.6) is 0 Å². The number of hydrogen-bond acceptors (Lipinski definition) is 5. The van der Waals surface area contributed by atoms with E-state index in [1.165, 1.54) is 6.07 Å². The van der Waals surface area contributed by atoms with E-state index in [0.29, 0.717) is 25.3 Å². The Kier molecular flexibility index (Phi) is 7.65. The minimum atomic E-state index is -4.93. The smallest absolute Gasteiger partial charge is 0.378 e. The Morgan fingerprint density at radius 2 is 1.91 bits per heavy atom. The van der Waals surface area contributed by atoms with Crippen molar-refractivity contribution in [2.24, 2.45) is 5.92 Å². The molecule has 2 aromatic rings. The van der Waals surface area contributed by atoms with Gasteiger partial charge in [0.2, 0.25) is 0 Å². The first-order valence-corrected chi connectivity index (χ1v) is 11.6. The zero-order valence-corrected chi connectivity index (χ0v) is 18.7. The molecule has 184 valence electrons. The average molecular weight is 481 g/mol.